The highest BCUT2D eigenvalue weighted by Gasteiger charge is 2.23. The molecule has 2 amide bonds. The predicted molar refractivity (Wildman–Crippen MR) is 152 cm³/mol. The number of aromatic nitrogens is 6. The maximum absolute atomic E-state index is 13.1. The number of benzene rings is 2. The third kappa shape index (κ3) is 4.70. The Hall–Kier alpha value is -4.93. The second kappa shape index (κ2) is 10.3. The van der Waals surface area contributed by atoms with Gasteiger partial charge in [-0.15, -0.1) is 5.10 Å². The van der Waals surface area contributed by atoms with Gasteiger partial charge in [0.15, 0.2) is 0 Å². The molecule has 0 fully saturated rings. The van der Waals surface area contributed by atoms with E-state index < -0.39 is 0 Å². The third-order valence-electron chi connectivity index (χ3n) is 7.31. The number of carbonyl (C=O) groups is 2. The van der Waals surface area contributed by atoms with E-state index in [2.05, 4.69) is 43.5 Å². The molecule has 11 heteroatoms. The highest BCUT2D eigenvalue weighted by Crippen LogP contribution is 2.40. The number of fused-ring (bicyclic) bond motifs is 2. The van der Waals surface area contributed by atoms with Crippen molar-refractivity contribution >= 4 is 39.3 Å². The Labute approximate surface area is 230 Å². The van der Waals surface area contributed by atoms with E-state index in [1.165, 1.54) is 0 Å². The lowest BCUT2D eigenvalue weighted by molar-refractivity contribution is -0.131. The molecule has 0 unspecified atom stereocenters. The van der Waals surface area contributed by atoms with Gasteiger partial charge in [0.05, 0.1) is 37.2 Å². The Kier molecular flexibility index (Phi) is 6.54. The number of ether oxygens (including phenoxy) is 1. The fraction of sp³-hybridized carbons (Fsp3) is 0.276. The minimum absolute atomic E-state index is 0.0764. The van der Waals surface area contributed by atoms with Gasteiger partial charge in [-0.25, -0.2) is 4.98 Å². The summed E-state index contributed by atoms with van der Waals surface area (Å²) in [7, 11) is 5.11. The monoisotopic (exact) mass is 538 g/mol. The molecule has 0 aliphatic carbocycles. The fourth-order valence-electron chi connectivity index (χ4n) is 5.23. The molecule has 3 aromatic heterocycles. The molecule has 0 saturated carbocycles. The largest absolute Gasteiger partial charge is 0.496 e. The van der Waals surface area contributed by atoms with Crippen LogP contribution in [-0.2, 0) is 11.3 Å². The molecular formula is C29H30N8O3. The number of hydrogen-bond donors (Lipinski definition) is 2. The molecule has 2 aromatic carbocycles. The van der Waals surface area contributed by atoms with Crippen molar-refractivity contribution in [3.63, 3.8) is 0 Å². The second-order valence-corrected chi connectivity index (χ2v) is 10.1. The number of amides is 2. The van der Waals surface area contributed by atoms with Crippen LogP contribution in [0, 0.1) is 0 Å². The van der Waals surface area contributed by atoms with Crippen LogP contribution in [0.3, 0.4) is 0 Å². The van der Waals surface area contributed by atoms with Crippen molar-refractivity contribution in [3.8, 4) is 16.9 Å². The summed E-state index contributed by atoms with van der Waals surface area (Å²) in [6, 6.07) is 10.0. The zero-order chi connectivity index (χ0) is 27.8. The van der Waals surface area contributed by atoms with Gasteiger partial charge in [0, 0.05) is 62.3 Å². The summed E-state index contributed by atoms with van der Waals surface area (Å²) < 4.78 is 7.46. The third-order valence-corrected chi connectivity index (χ3v) is 7.31. The van der Waals surface area contributed by atoms with E-state index in [1.54, 1.807) is 49.5 Å². The van der Waals surface area contributed by atoms with Crippen LogP contribution in [0.1, 0.15) is 28.9 Å². The summed E-state index contributed by atoms with van der Waals surface area (Å²) in [5, 5.41) is 8.67. The number of imidazole rings is 1. The first-order valence-electron chi connectivity index (χ1n) is 13.1. The first-order chi connectivity index (χ1) is 19.4. The van der Waals surface area contributed by atoms with Gasteiger partial charge in [-0.2, -0.15) is 0 Å². The van der Waals surface area contributed by atoms with Gasteiger partial charge in [-0.05, 0) is 47.4 Å². The van der Waals surface area contributed by atoms with E-state index in [-0.39, 0.29) is 11.8 Å². The predicted octanol–water partition coefficient (Wildman–Crippen LogP) is 3.72. The molecule has 0 spiro atoms. The summed E-state index contributed by atoms with van der Waals surface area (Å²) in [6.07, 6.45) is 8.33. The van der Waals surface area contributed by atoms with Gasteiger partial charge in [0.25, 0.3) is 5.91 Å². The summed E-state index contributed by atoms with van der Waals surface area (Å²) in [6.45, 7) is 1.66. The molecule has 0 atom stereocenters. The van der Waals surface area contributed by atoms with Crippen LogP contribution in [0.4, 0.5) is 0 Å². The van der Waals surface area contributed by atoms with Gasteiger partial charge in [-0.3, -0.25) is 14.3 Å². The zero-order valence-corrected chi connectivity index (χ0v) is 22.6. The Bertz CT molecular complexity index is 1750. The number of rotatable bonds is 7. The lowest BCUT2D eigenvalue weighted by Crippen LogP contribution is -2.35. The highest BCUT2D eigenvalue weighted by atomic mass is 16.5. The number of aryl methyl sites for hydroxylation is 1. The molecule has 5 aromatic rings. The molecule has 1 aliphatic heterocycles. The van der Waals surface area contributed by atoms with Crippen molar-refractivity contribution in [2.75, 3.05) is 34.3 Å². The molecule has 1 aliphatic rings. The normalized spacial score (nSPS) is 13.6. The number of aromatic amines is 2. The first-order valence-corrected chi connectivity index (χ1v) is 13.1. The molecule has 204 valence electrons. The maximum atomic E-state index is 13.1. The Morgan fingerprint density at radius 2 is 1.98 bits per heavy atom. The fourth-order valence-corrected chi connectivity index (χ4v) is 5.23. The molecule has 40 heavy (non-hydrogen) atoms. The maximum Gasteiger partial charge on any atom is 0.269 e. The molecule has 11 nitrogen and oxygen atoms in total. The number of nitrogens with one attached hydrogen (secondary N) is 2. The lowest BCUT2D eigenvalue weighted by atomic mass is 9.93. The minimum atomic E-state index is -0.110. The number of H-pyrrole nitrogens is 2. The van der Waals surface area contributed by atoms with Crippen molar-refractivity contribution in [1.82, 2.24) is 39.7 Å². The van der Waals surface area contributed by atoms with Crippen LogP contribution >= 0.6 is 0 Å². The lowest BCUT2D eigenvalue weighted by Gasteiger charge is -2.28. The van der Waals surface area contributed by atoms with E-state index in [1.807, 2.05) is 23.1 Å². The molecule has 0 saturated heterocycles. The quantitative estimate of drug-likeness (QED) is 0.325. The molecule has 4 heterocycles. The van der Waals surface area contributed by atoms with Crippen molar-refractivity contribution in [3.05, 3.63) is 66.4 Å². The van der Waals surface area contributed by atoms with Crippen molar-refractivity contribution < 1.29 is 14.3 Å². The topological polar surface area (TPSA) is 125 Å². The molecule has 6 rings (SSSR count). The van der Waals surface area contributed by atoms with E-state index >= 15 is 0 Å². The molecule has 0 radical (unpaired) electrons. The SMILES string of the molecule is COc1cc2nc[nH]c2cc1-c1cc(C2=CCCN(C(=O)CCn3ccnn3)C2)cc2[nH]c(C(=O)N(C)C)cc12. The van der Waals surface area contributed by atoms with Gasteiger partial charge in [-0.1, -0.05) is 11.3 Å². The van der Waals surface area contributed by atoms with Gasteiger partial charge >= 0.3 is 0 Å². The Balaban J connectivity index is 1.41. The molecule has 2 N–H and O–H groups in total. The van der Waals surface area contributed by atoms with Crippen LogP contribution in [0.15, 0.2) is 55.1 Å². The van der Waals surface area contributed by atoms with Gasteiger partial charge < -0.3 is 24.5 Å². The van der Waals surface area contributed by atoms with E-state index in [0.717, 1.165) is 50.6 Å². The number of hydrogen-bond acceptors (Lipinski definition) is 6. The number of carbonyl (C=O) groups excluding carboxylic acids is 2. The van der Waals surface area contributed by atoms with Crippen LogP contribution in [-0.4, -0.2) is 85.9 Å². The van der Waals surface area contributed by atoms with Crippen molar-refractivity contribution in [1.29, 1.82) is 0 Å². The van der Waals surface area contributed by atoms with E-state index in [9.17, 15) is 9.59 Å². The van der Waals surface area contributed by atoms with Gasteiger partial charge in [0.1, 0.15) is 11.4 Å². The van der Waals surface area contributed by atoms with Crippen LogP contribution < -0.4 is 4.74 Å². The van der Waals surface area contributed by atoms with E-state index in [0.29, 0.717) is 37.5 Å². The number of methoxy groups -OCH3 is 1. The average Bonchev–Trinajstić information content (AvgIpc) is 3.74. The first kappa shape index (κ1) is 25.4. The van der Waals surface area contributed by atoms with Crippen LogP contribution in [0.25, 0.3) is 38.6 Å². The highest BCUT2D eigenvalue weighted by molar-refractivity contribution is 6.05. The van der Waals surface area contributed by atoms with Crippen molar-refractivity contribution in [2.45, 2.75) is 19.4 Å². The summed E-state index contributed by atoms with van der Waals surface area (Å²) in [4.78, 5) is 40.3. The second-order valence-electron chi connectivity index (χ2n) is 10.1. The molecule has 0 bridgehead atoms. The average molecular weight is 539 g/mol. The van der Waals surface area contributed by atoms with Crippen molar-refractivity contribution in [2.24, 2.45) is 0 Å². The molecular weight excluding hydrogens is 508 g/mol. The van der Waals surface area contributed by atoms with Crippen LogP contribution in [0.5, 0.6) is 5.75 Å². The number of nitrogens with zero attached hydrogens (tertiary/aromatic N) is 6. The zero-order valence-electron chi connectivity index (χ0n) is 22.6. The standard InChI is InChI=1S/C29H30N8O3/c1-35(2)29(39)26-13-21-20(22-14-24-25(31-17-30-24)15-27(22)40-3)11-19(12-23(21)33-26)18-5-4-8-36(16-18)28(38)6-9-37-10-7-32-34-37/h5,7,10-15,17,33H,4,6,8-9,16H2,1-3H3,(H,30,31). The summed E-state index contributed by atoms with van der Waals surface area (Å²) in [5.74, 6) is 0.649. The van der Waals surface area contributed by atoms with E-state index in [4.69, 9.17) is 4.74 Å². The van der Waals surface area contributed by atoms with Gasteiger partial charge in [0.2, 0.25) is 5.91 Å². The Morgan fingerprint density at radius 1 is 1.10 bits per heavy atom. The van der Waals surface area contributed by atoms with Crippen LogP contribution in [0.2, 0.25) is 0 Å². The minimum Gasteiger partial charge on any atom is -0.496 e. The Morgan fingerprint density at radius 3 is 2.75 bits per heavy atom. The smallest absolute Gasteiger partial charge is 0.269 e. The summed E-state index contributed by atoms with van der Waals surface area (Å²) >= 11 is 0. The summed E-state index contributed by atoms with van der Waals surface area (Å²) in [5.41, 5.74) is 6.86.